The van der Waals surface area contributed by atoms with Crippen LogP contribution in [0.3, 0.4) is 0 Å². The summed E-state index contributed by atoms with van der Waals surface area (Å²) in [5.41, 5.74) is 4.39. The van der Waals surface area contributed by atoms with E-state index in [1.165, 1.54) is 23.3 Å². The van der Waals surface area contributed by atoms with Gasteiger partial charge in [0.05, 0.1) is 11.4 Å². The molecule has 6 nitrogen and oxygen atoms in total. The standard InChI is InChI=1S/C20H27N3O3S/c1-3-16-6-5-7-17(4-2)20(16)23-14-19(24)22-13-12-15-8-10-18(11-9-15)27(21,25)26/h5-11,23H,3-4,12-14H2,1-2H3,(H,22,24)(H2,21,25,26). The van der Waals surface area contributed by atoms with Crippen molar-refractivity contribution in [3.63, 3.8) is 0 Å². The summed E-state index contributed by atoms with van der Waals surface area (Å²) in [6.45, 7) is 4.89. The van der Waals surface area contributed by atoms with E-state index in [0.29, 0.717) is 13.0 Å². The number of nitrogens with one attached hydrogen (secondary N) is 2. The van der Waals surface area contributed by atoms with Gasteiger partial charge < -0.3 is 10.6 Å². The molecule has 0 unspecified atom stereocenters. The molecule has 0 bridgehead atoms. The molecule has 0 fully saturated rings. The molecule has 0 atom stereocenters. The van der Waals surface area contributed by atoms with Gasteiger partial charge in [0, 0.05) is 12.2 Å². The van der Waals surface area contributed by atoms with Crippen molar-refractivity contribution in [2.24, 2.45) is 5.14 Å². The Kier molecular flexibility index (Phi) is 7.38. The Morgan fingerprint density at radius 1 is 1.00 bits per heavy atom. The van der Waals surface area contributed by atoms with Crippen LogP contribution in [-0.2, 0) is 34.1 Å². The van der Waals surface area contributed by atoms with E-state index in [1.807, 2.05) is 6.07 Å². The summed E-state index contributed by atoms with van der Waals surface area (Å²) < 4.78 is 22.5. The first kappa shape index (κ1) is 20.9. The molecule has 1 amide bonds. The van der Waals surface area contributed by atoms with Crippen LogP contribution < -0.4 is 15.8 Å². The first-order valence-corrected chi connectivity index (χ1v) is 10.6. The number of aryl methyl sites for hydroxylation is 2. The molecule has 146 valence electrons. The highest BCUT2D eigenvalue weighted by molar-refractivity contribution is 7.89. The van der Waals surface area contributed by atoms with E-state index < -0.39 is 10.0 Å². The molecule has 0 aliphatic heterocycles. The van der Waals surface area contributed by atoms with Gasteiger partial charge in [0.15, 0.2) is 0 Å². The van der Waals surface area contributed by atoms with Gasteiger partial charge in [0.2, 0.25) is 15.9 Å². The normalized spacial score (nSPS) is 11.2. The van der Waals surface area contributed by atoms with Crippen LogP contribution in [0.5, 0.6) is 0 Å². The van der Waals surface area contributed by atoms with Crippen LogP contribution >= 0.6 is 0 Å². The highest BCUT2D eigenvalue weighted by atomic mass is 32.2. The number of primary sulfonamides is 1. The topological polar surface area (TPSA) is 101 Å². The maximum Gasteiger partial charge on any atom is 0.239 e. The second-order valence-electron chi connectivity index (χ2n) is 6.30. The van der Waals surface area contributed by atoms with Gasteiger partial charge in [-0.15, -0.1) is 0 Å². The molecule has 4 N–H and O–H groups in total. The van der Waals surface area contributed by atoms with E-state index in [4.69, 9.17) is 5.14 Å². The number of sulfonamides is 1. The summed E-state index contributed by atoms with van der Waals surface area (Å²) in [5.74, 6) is -0.0795. The second-order valence-corrected chi connectivity index (χ2v) is 7.86. The number of carbonyl (C=O) groups excluding carboxylic acids is 1. The minimum atomic E-state index is -3.68. The number of rotatable bonds is 9. The molecule has 0 heterocycles. The number of anilines is 1. The molecule has 7 heteroatoms. The lowest BCUT2D eigenvalue weighted by molar-refractivity contribution is -0.119. The van der Waals surface area contributed by atoms with Crippen LogP contribution in [0.4, 0.5) is 5.69 Å². The molecule has 0 aliphatic rings. The van der Waals surface area contributed by atoms with Crippen LogP contribution in [0, 0.1) is 0 Å². The van der Waals surface area contributed by atoms with Gasteiger partial charge in [-0.05, 0) is 48.1 Å². The zero-order valence-electron chi connectivity index (χ0n) is 15.8. The first-order valence-electron chi connectivity index (χ1n) is 9.08. The number of carbonyl (C=O) groups is 1. The molecule has 0 radical (unpaired) electrons. The summed E-state index contributed by atoms with van der Waals surface area (Å²) in [4.78, 5) is 12.2. The average Bonchev–Trinajstić information content (AvgIpc) is 2.65. The maximum atomic E-state index is 12.1. The minimum Gasteiger partial charge on any atom is -0.376 e. The van der Waals surface area contributed by atoms with Crippen LogP contribution in [0.15, 0.2) is 47.4 Å². The second kappa shape index (κ2) is 9.53. The first-order chi connectivity index (χ1) is 12.8. The molecule has 0 saturated heterocycles. The average molecular weight is 390 g/mol. The molecule has 2 aromatic carbocycles. The molecule has 0 aromatic heterocycles. The smallest absolute Gasteiger partial charge is 0.239 e. The molecule has 0 saturated carbocycles. The number of amides is 1. The number of hydrogen-bond acceptors (Lipinski definition) is 4. The van der Waals surface area contributed by atoms with Gasteiger partial charge in [-0.1, -0.05) is 44.2 Å². The molecule has 0 spiro atoms. The molecule has 2 rings (SSSR count). The third kappa shape index (κ3) is 6.08. The lowest BCUT2D eigenvalue weighted by Gasteiger charge is -2.15. The third-order valence-electron chi connectivity index (χ3n) is 4.41. The van der Waals surface area contributed by atoms with Crippen LogP contribution in [-0.4, -0.2) is 27.4 Å². The Morgan fingerprint density at radius 2 is 1.59 bits per heavy atom. The van der Waals surface area contributed by atoms with Crippen molar-refractivity contribution in [1.29, 1.82) is 0 Å². The monoisotopic (exact) mass is 389 g/mol. The number of para-hydroxylation sites is 1. The van der Waals surface area contributed by atoms with E-state index in [-0.39, 0.29) is 17.3 Å². The Labute approximate surface area is 161 Å². The summed E-state index contributed by atoms with van der Waals surface area (Å²) in [7, 11) is -3.68. The van der Waals surface area contributed by atoms with Gasteiger partial charge in [0.1, 0.15) is 0 Å². The predicted octanol–water partition coefficient (Wildman–Crippen LogP) is 2.23. The van der Waals surface area contributed by atoms with Crippen molar-refractivity contribution in [3.05, 3.63) is 59.2 Å². The van der Waals surface area contributed by atoms with E-state index in [1.54, 1.807) is 12.1 Å². The van der Waals surface area contributed by atoms with Gasteiger partial charge in [-0.25, -0.2) is 13.6 Å². The van der Waals surface area contributed by atoms with E-state index >= 15 is 0 Å². The molecular weight excluding hydrogens is 362 g/mol. The van der Waals surface area contributed by atoms with Crippen molar-refractivity contribution >= 4 is 21.6 Å². The lowest BCUT2D eigenvalue weighted by atomic mass is 10.0. The van der Waals surface area contributed by atoms with Crippen LogP contribution in [0.2, 0.25) is 0 Å². The van der Waals surface area contributed by atoms with Crippen molar-refractivity contribution in [2.45, 2.75) is 38.0 Å². The molecule has 2 aromatic rings. The number of benzene rings is 2. The van der Waals surface area contributed by atoms with Gasteiger partial charge in [-0.2, -0.15) is 0 Å². The van der Waals surface area contributed by atoms with Gasteiger partial charge in [-0.3, -0.25) is 4.79 Å². The SMILES string of the molecule is CCc1cccc(CC)c1NCC(=O)NCCc1ccc(S(N)(=O)=O)cc1. The fourth-order valence-electron chi connectivity index (χ4n) is 2.89. The van der Waals surface area contributed by atoms with Gasteiger partial charge >= 0.3 is 0 Å². The molecular formula is C20H27N3O3S. The summed E-state index contributed by atoms with van der Waals surface area (Å²) >= 11 is 0. The summed E-state index contributed by atoms with van der Waals surface area (Å²) in [6, 6.07) is 12.5. The Morgan fingerprint density at radius 3 is 2.11 bits per heavy atom. The summed E-state index contributed by atoms with van der Waals surface area (Å²) in [5, 5.41) is 11.2. The van der Waals surface area contributed by atoms with Crippen molar-refractivity contribution in [3.8, 4) is 0 Å². The van der Waals surface area contributed by atoms with E-state index in [0.717, 1.165) is 24.1 Å². The predicted molar refractivity (Wildman–Crippen MR) is 108 cm³/mol. The quantitative estimate of drug-likeness (QED) is 0.612. The maximum absolute atomic E-state index is 12.1. The highest BCUT2D eigenvalue weighted by Gasteiger charge is 2.09. The fourth-order valence-corrected chi connectivity index (χ4v) is 3.41. The van der Waals surface area contributed by atoms with Crippen LogP contribution in [0.1, 0.15) is 30.5 Å². The Bertz CT molecular complexity index is 856. The number of nitrogens with two attached hydrogens (primary N) is 1. The Balaban J connectivity index is 1.84. The van der Waals surface area contributed by atoms with E-state index in [9.17, 15) is 13.2 Å². The van der Waals surface area contributed by atoms with Crippen molar-refractivity contribution < 1.29 is 13.2 Å². The lowest BCUT2D eigenvalue weighted by Crippen LogP contribution is -2.31. The molecule has 0 aliphatic carbocycles. The Hall–Kier alpha value is -2.38. The third-order valence-corrected chi connectivity index (χ3v) is 5.34. The van der Waals surface area contributed by atoms with Crippen molar-refractivity contribution in [1.82, 2.24) is 5.32 Å². The summed E-state index contributed by atoms with van der Waals surface area (Å²) in [6.07, 6.45) is 2.43. The largest absolute Gasteiger partial charge is 0.376 e. The zero-order valence-corrected chi connectivity index (χ0v) is 16.6. The van der Waals surface area contributed by atoms with Crippen molar-refractivity contribution in [2.75, 3.05) is 18.4 Å². The highest BCUT2D eigenvalue weighted by Crippen LogP contribution is 2.22. The number of hydrogen-bond donors (Lipinski definition) is 3. The fraction of sp³-hybridized carbons (Fsp3) is 0.350. The van der Waals surface area contributed by atoms with Crippen LogP contribution in [0.25, 0.3) is 0 Å². The molecule has 27 heavy (non-hydrogen) atoms. The van der Waals surface area contributed by atoms with E-state index in [2.05, 4.69) is 36.6 Å². The zero-order chi connectivity index (χ0) is 19.9. The van der Waals surface area contributed by atoms with Gasteiger partial charge in [0.25, 0.3) is 0 Å². The minimum absolute atomic E-state index is 0.0795.